The van der Waals surface area contributed by atoms with Gasteiger partial charge in [-0.25, -0.2) is 4.68 Å². The molecule has 0 N–H and O–H groups in total. The van der Waals surface area contributed by atoms with Crippen LogP contribution in [0.25, 0.3) is 11.8 Å². The van der Waals surface area contributed by atoms with Crippen molar-refractivity contribution in [1.29, 1.82) is 0 Å². The molecule has 0 bridgehead atoms. The zero-order chi connectivity index (χ0) is 13.8. The van der Waals surface area contributed by atoms with Crippen molar-refractivity contribution in [2.24, 2.45) is 5.92 Å². The van der Waals surface area contributed by atoms with E-state index in [1.807, 2.05) is 50.4 Å². The predicted octanol–water partition coefficient (Wildman–Crippen LogP) is 3.15. The molecule has 1 aromatic carbocycles. The molecule has 0 saturated carbocycles. The molecule has 19 heavy (non-hydrogen) atoms. The molecule has 5 nitrogen and oxygen atoms in total. The predicted molar refractivity (Wildman–Crippen MR) is 73.4 cm³/mol. The number of nitrogens with zero attached hydrogens (tertiary/aromatic N) is 3. The normalized spacial score (nSPS) is 11.8. The van der Waals surface area contributed by atoms with E-state index in [-0.39, 0.29) is 16.5 Å². The molecule has 0 atom stereocenters. The van der Waals surface area contributed by atoms with Crippen molar-refractivity contribution >= 4 is 6.08 Å². The quantitative estimate of drug-likeness (QED) is 0.624. The van der Waals surface area contributed by atoms with Crippen LogP contribution >= 0.6 is 0 Å². The van der Waals surface area contributed by atoms with Crippen molar-refractivity contribution in [2.45, 2.75) is 13.8 Å². The molecule has 1 heterocycles. The van der Waals surface area contributed by atoms with Crippen molar-refractivity contribution in [3.63, 3.8) is 0 Å². The zero-order valence-electron chi connectivity index (χ0n) is 10.9. The number of rotatable bonds is 4. The van der Waals surface area contributed by atoms with Crippen LogP contribution in [0.1, 0.15) is 19.4 Å². The van der Waals surface area contributed by atoms with Crippen LogP contribution in [0.4, 0.5) is 0 Å². The summed E-state index contributed by atoms with van der Waals surface area (Å²) in [4.78, 5) is 10.6. The lowest BCUT2D eigenvalue weighted by Gasteiger charge is -2.03. The highest BCUT2D eigenvalue weighted by atomic mass is 16.6. The van der Waals surface area contributed by atoms with Crippen molar-refractivity contribution < 1.29 is 4.92 Å². The van der Waals surface area contributed by atoms with E-state index >= 15 is 0 Å². The van der Waals surface area contributed by atoms with Gasteiger partial charge in [-0.1, -0.05) is 26.0 Å². The molecule has 0 radical (unpaired) electrons. The highest BCUT2D eigenvalue weighted by molar-refractivity contribution is 5.53. The van der Waals surface area contributed by atoms with E-state index in [2.05, 4.69) is 5.10 Å². The molecule has 98 valence electrons. The molecule has 0 aliphatic carbocycles. The molecular formula is C14H15N3O2. The fourth-order valence-electron chi connectivity index (χ4n) is 1.75. The third-order valence-corrected chi connectivity index (χ3v) is 2.78. The first kappa shape index (κ1) is 13.0. The summed E-state index contributed by atoms with van der Waals surface area (Å²) in [5, 5.41) is 15.0. The summed E-state index contributed by atoms with van der Waals surface area (Å²) >= 11 is 0. The third kappa shape index (κ3) is 3.07. The van der Waals surface area contributed by atoms with Crippen LogP contribution in [0.3, 0.4) is 0 Å². The topological polar surface area (TPSA) is 61.0 Å². The molecule has 0 amide bonds. The Morgan fingerprint density at radius 2 is 2.05 bits per heavy atom. The van der Waals surface area contributed by atoms with Crippen LogP contribution in [0.2, 0.25) is 0 Å². The minimum Gasteiger partial charge on any atom is -0.259 e. The van der Waals surface area contributed by atoms with Gasteiger partial charge in [0.15, 0.2) is 0 Å². The Morgan fingerprint density at radius 1 is 1.37 bits per heavy atom. The van der Waals surface area contributed by atoms with E-state index in [0.717, 1.165) is 11.3 Å². The van der Waals surface area contributed by atoms with Gasteiger partial charge in [-0.05, 0) is 23.8 Å². The van der Waals surface area contributed by atoms with Gasteiger partial charge in [-0.2, -0.15) is 5.10 Å². The Hall–Kier alpha value is -2.43. The third-order valence-electron chi connectivity index (χ3n) is 2.78. The zero-order valence-corrected chi connectivity index (χ0v) is 10.9. The van der Waals surface area contributed by atoms with E-state index in [9.17, 15) is 10.1 Å². The van der Waals surface area contributed by atoms with Gasteiger partial charge in [0.1, 0.15) is 0 Å². The number of hydrogen-bond donors (Lipinski definition) is 0. The van der Waals surface area contributed by atoms with Crippen LogP contribution in [-0.2, 0) is 0 Å². The highest BCUT2D eigenvalue weighted by Gasteiger charge is 2.15. The van der Waals surface area contributed by atoms with E-state index < -0.39 is 0 Å². The molecule has 2 rings (SSSR count). The first-order valence-electron chi connectivity index (χ1n) is 6.04. The lowest BCUT2D eigenvalue weighted by Crippen LogP contribution is -2.05. The lowest BCUT2D eigenvalue weighted by atomic mass is 10.1. The molecule has 2 aromatic rings. The second kappa shape index (κ2) is 5.48. The lowest BCUT2D eigenvalue weighted by molar-refractivity contribution is -0.431. The van der Waals surface area contributed by atoms with Gasteiger partial charge in [0.25, 0.3) is 0 Å². The molecule has 0 aliphatic rings. The maximum Gasteiger partial charge on any atom is 0.249 e. The Labute approximate surface area is 111 Å². The summed E-state index contributed by atoms with van der Waals surface area (Å²) in [5.41, 5.74) is 1.96. The minimum atomic E-state index is -0.327. The molecule has 0 spiro atoms. The van der Waals surface area contributed by atoms with Crippen molar-refractivity contribution in [2.75, 3.05) is 0 Å². The second-order valence-electron chi connectivity index (χ2n) is 4.52. The molecule has 1 aromatic heterocycles. The fraction of sp³-hybridized carbons (Fsp3) is 0.214. The second-order valence-corrected chi connectivity index (χ2v) is 4.52. The summed E-state index contributed by atoms with van der Waals surface area (Å²) < 4.78 is 1.74. The SMILES string of the molecule is CC(C)/C(=C/c1ccc(-n2cccn2)cc1)[N+](=O)[O-]. The van der Waals surface area contributed by atoms with Crippen molar-refractivity contribution in [1.82, 2.24) is 9.78 Å². The van der Waals surface area contributed by atoms with Gasteiger partial charge < -0.3 is 0 Å². The largest absolute Gasteiger partial charge is 0.259 e. The fourth-order valence-corrected chi connectivity index (χ4v) is 1.75. The van der Waals surface area contributed by atoms with Crippen molar-refractivity contribution in [3.8, 4) is 5.69 Å². The Balaban J connectivity index is 2.28. The first-order chi connectivity index (χ1) is 9.08. The maximum atomic E-state index is 10.9. The Morgan fingerprint density at radius 3 is 2.53 bits per heavy atom. The summed E-state index contributed by atoms with van der Waals surface area (Å²) in [6, 6.07) is 9.32. The summed E-state index contributed by atoms with van der Waals surface area (Å²) in [5.74, 6) is -0.110. The Bertz CT molecular complexity index is 584. The number of hydrogen-bond acceptors (Lipinski definition) is 3. The molecule has 0 unspecified atom stereocenters. The average Bonchev–Trinajstić information content (AvgIpc) is 2.89. The van der Waals surface area contributed by atoms with E-state index in [4.69, 9.17) is 0 Å². The maximum absolute atomic E-state index is 10.9. The Kier molecular flexibility index (Phi) is 3.75. The van der Waals surface area contributed by atoms with Gasteiger partial charge in [-0.3, -0.25) is 10.1 Å². The van der Waals surface area contributed by atoms with Gasteiger partial charge in [0.2, 0.25) is 5.70 Å². The van der Waals surface area contributed by atoms with Gasteiger partial charge in [0, 0.05) is 24.4 Å². The van der Waals surface area contributed by atoms with E-state index in [0.29, 0.717) is 0 Å². The number of allylic oxidation sites excluding steroid dienone is 1. The molecule has 0 saturated heterocycles. The molecule has 0 fully saturated rings. The van der Waals surface area contributed by atoms with Crippen molar-refractivity contribution in [3.05, 3.63) is 64.1 Å². The van der Waals surface area contributed by atoms with Gasteiger partial charge >= 0.3 is 0 Å². The molecule has 5 heteroatoms. The molecule has 0 aliphatic heterocycles. The average molecular weight is 257 g/mol. The standard InChI is InChI=1S/C14H15N3O2/c1-11(2)14(17(18)19)10-12-4-6-13(7-5-12)16-9-3-8-15-16/h3-11H,1-2H3/b14-10-. The number of aromatic nitrogens is 2. The minimum absolute atomic E-state index is 0.110. The van der Waals surface area contributed by atoms with Gasteiger partial charge in [0.05, 0.1) is 10.6 Å². The van der Waals surface area contributed by atoms with Crippen LogP contribution in [-0.4, -0.2) is 14.7 Å². The smallest absolute Gasteiger partial charge is 0.249 e. The van der Waals surface area contributed by atoms with Crippen LogP contribution < -0.4 is 0 Å². The molecular weight excluding hydrogens is 242 g/mol. The van der Waals surface area contributed by atoms with Gasteiger partial charge in [-0.15, -0.1) is 0 Å². The number of nitro groups is 1. The highest BCUT2D eigenvalue weighted by Crippen LogP contribution is 2.16. The van der Waals surface area contributed by atoms with E-state index in [1.165, 1.54) is 0 Å². The summed E-state index contributed by atoms with van der Waals surface area (Å²) in [6.07, 6.45) is 5.16. The first-order valence-corrected chi connectivity index (χ1v) is 6.04. The van der Waals surface area contributed by atoms with Crippen LogP contribution in [0.15, 0.2) is 48.4 Å². The monoisotopic (exact) mass is 257 g/mol. The summed E-state index contributed by atoms with van der Waals surface area (Å²) in [6.45, 7) is 3.62. The van der Waals surface area contributed by atoms with E-state index in [1.54, 1.807) is 17.0 Å². The van der Waals surface area contributed by atoms with Crippen LogP contribution in [0, 0.1) is 16.0 Å². The number of benzene rings is 1. The van der Waals surface area contributed by atoms with Crippen LogP contribution in [0.5, 0.6) is 0 Å². The summed E-state index contributed by atoms with van der Waals surface area (Å²) in [7, 11) is 0.